The van der Waals surface area contributed by atoms with Crippen LogP contribution >= 0.6 is 15.9 Å². The van der Waals surface area contributed by atoms with Gasteiger partial charge in [0.1, 0.15) is 11.8 Å². The van der Waals surface area contributed by atoms with Gasteiger partial charge in [-0.3, -0.25) is 9.59 Å². The number of rotatable bonds is 8. The van der Waals surface area contributed by atoms with Crippen molar-refractivity contribution in [1.82, 2.24) is 10.2 Å². The molecule has 0 radical (unpaired) electrons. The largest absolute Gasteiger partial charge is 0.483 e. The number of carbonyl (C=O) groups excluding carboxylic acids is 2. The number of carbonyl (C=O) groups is 2. The van der Waals surface area contributed by atoms with Crippen molar-refractivity contribution in [3.8, 4) is 5.75 Å². The predicted molar refractivity (Wildman–Crippen MR) is 128 cm³/mol. The molecule has 0 aliphatic heterocycles. The minimum absolute atomic E-state index is 0.134. The van der Waals surface area contributed by atoms with Gasteiger partial charge in [-0.1, -0.05) is 60.1 Å². The van der Waals surface area contributed by atoms with Crippen molar-refractivity contribution in [2.45, 2.75) is 65.6 Å². The zero-order chi connectivity index (χ0) is 23.2. The van der Waals surface area contributed by atoms with Gasteiger partial charge in [0.05, 0.1) is 0 Å². The maximum Gasteiger partial charge on any atom is 0.261 e. The maximum atomic E-state index is 13.2. The van der Waals surface area contributed by atoms with E-state index in [0.717, 1.165) is 15.6 Å². The number of para-hydroxylation sites is 1. The Bertz CT molecular complexity index is 906. The van der Waals surface area contributed by atoms with Crippen molar-refractivity contribution in [2.75, 3.05) is 6.61 Å². The molecule has 0 spiro atoms. The van der Waals surface area contributed by atoms with Crippen LogP contribution in [0.2, 0.25) is 0 Å². The molecule has 6 heteroatoms. The van der Waals surface area contributed by atoms with Crippen LogP contribution in [0.3, 0.4) is 0 Å². The molecule has 0 saturated heterocycles. The number of amides is 2. The van der Waals surface area contributed by atoms with Crippen molar-refractivity contribution in [3.05, 3.63) is 64.1 Å². The van der Waals surface area contributed by atoms with E-state index in [1.165, 1.54) is 0 Å². The summed E-state index contributed by atoms with van der Waals surface area (Å²) in [4.78, 5) is 27.6. The van der Waals surface area contributed by atoms with Crippen LogP contribution < -0.4 is 10.1 Å². The zero-order valence-corrected chi connectivity index (χ0v) is 20.8. The molecule has 168 valence electrons. The Hall–Kier alpha value is -2.34. The maximum absolute atomic E-state index is 13.2. The lowest BCUT2D eigenvalue weighted by atomic mass is 10.0. The monoisotopic (exact) mass is 488 g/mol. The summed E-state index contributed by atoms with van der Waals surface area (Å²) in [7, 11) is 0. The van der Waals surface area contributed by atoms with Crippen LogP contribution in [0.5, 0.6) is 5.75 Å². The van der Waals surface area contributed by atoms with Gasteiger partial charge in [-0.25, -0.2) is 0 Å². The molecule has 0 heterocycles. The van der Waals surface area contributed by atoms with Crippen molar-refractivity contribution in [3.63, 3.8) is 0 Å². The average molecular weight is 489 g/mol. The normalized spacial score (nSPS) is 12.4. The quantitative estimate of drug-likeness (QED) is 0.549. The molecule has 31 heavy (non-hydrogen) atoms. The minimum atomic E-state index is -0.644. The second-order valence-corrected chi connectivity index (χ2v) is 9.96. The zero-order valence-electron chi connectivity index (χ0n) is 19.2. The van der Waals surface area contributed by atoms with E-state index in [9.17, 15) is 9.59 Å². The standard InChI is InChI=1S/C25H33BrN2O3/c1-17(2)21-12-7-8-13-22(21)31-16-23(29)28(15-19-10-9-11-20(26)14-19)18(3)24(30)27-25(4,5)6/h7-14,17-18H,15-16H2,1-6H3,(H,27,30)/t18-/m1/s1. The number of nitrogens with one attached hydrogen (secondary N) is 1. The molecule has 0 aliphatic rings. The van der Waals surface area contributed by atoms with Gasteiger partial charge in [0.25, 0.3) is 5.91 Å². The fourth-order valence-electron chi connectivity index (χ4n) is 3.20. The summed E-state index contributed by atoms with van der Waals surface area (Å²) in [6.07, 6.45) is 0. The van der Waals surface area contributed by atoms with Crippen LogP contribution in [0.4, 0.5) is 0 Å². The highest BCUT2D eigenvalue weighted by Crippen LogP contribution is 2.26. The van der Waals surface area contributed by atoms with Gasteiger partial charge in [0, 0.05) is 16.6 Å². The van der Waals surface area contributed by atoms with Gasteiger partial charge in [0.2, 0.25) is 5.91 Å². The van der Waals surface area contributed by atoms with Gasteiger partial charge in [-0.2, -0.15) is 0 Å². The van der Waals surface area contributed by atoms with Crippen molar-refractivity contribution < 1.29 is 14.3 Å². The van der Waals surface area contributed by atoms with Crippen LogP contribution in [-0.4, -0.2) is 34.9 Å². The van der Waals surface area contributed by atoms with Gasteiger partial charge in [0.15, 0.2) is 6.61 Å². The van der Waals surface area contributed by atoms with Gasteiger partial charge in [-0.15, -0.1) is 0 Å². The third-order valence-corrected chi connectivity index (χ3v) is 5.29. The summed E-state index contributed by atoms with van der Waals surface area (Å²) >= 11 is 3.47. The Morgan fingerprint density at radius 2 is 1.74 bits per heavy atom. The topological polar surface area (TPSA) is 58.6 Å². The molecule has 0 aliphatic carbocycles. The Kier molecular flexibility index (Phi) is 8.69. The molecule has 0 fully saturated rings. The average Bonchev–Trinajstić information content (AvgIpc) is 2.68. The Balaban J connectivity index is 2.22. The lowest BCUT2D eigenvalue weighted by Crippen LogP contribution is -2.53. The number of nitrogens with zero attached hydrogens (tertiary/aromatic N) is 1. The first-order valence-corrected chi connectivity index (χ1v) is 11.3. The van der Waals surface area contributed by atoms with Gasteiger partial charge < -0.3 is 15.0 Å². The molecule has 2 amide bonds. The summed E-state index contributed by atoms with van der Waals surface area (Å²) < 4.78 is 6.82. The van der Waals surface area contributed by atoms with Crippen molar-refractivity contribution in [2.24, 2.45) is 0 Å². The number of hydrogen-bond acceptors (Lipinski definition) is 3. The van der Waals surface area contributed by atoms with E-state index in [2.05, 4.69) is 35.1 Å². The smallest absolute Gasteiger partial charge is 0.261 e. The molecule has 2 aromatic rings. The molecule has 0 unspecified atom stereocenters. The van der Waals surface area contributed by atoms with Gasteiger partial charge in [-0.05, 0) is 62.9 Å². The molecule has 0 bridgehead atoms. The highest BCUT2D eigenvalue weighted by Gasteiger charge is 2.29. The third kappa shape index (κ3) is 7.69. The van der Waals surface area contributed by atoms with E-state index in [-0.39, 0.29) is 29.9 Å². The van der Waals surface area contributed by atoms with Crippen LogP contribution in [0.15, 0.2) is 53.0 Å². The lowest BCUT2D eigenvalue weighted by Gasteiger charge is -2.31. The molecule has 2 rings (SSSR count). The first kappa shape index (κ1) is 24.9. The molecular weight excluding hydrogens is 456 g/mol. The van der Waals surface area contributed by atoms with E-state index in [1.54, 1.807) is 11.8 Å². The van der Waals surface area contributed by atoms with Gasteiger partial charge >= 0.3 is 0 Å². The Morgan fingerprint density at radius 1 is 1.06 bits per heavy atom. The predicted octanol–water partition coefficient (Wildman–Crippen LogP) is 5.28. The van der Waals surface area contributed by atoms with Crippen LogP contribution in [0.25, 0.3) is 0 Å². The highest BCUT2D eigenvalue weighted by molar-refractivity contribution is 9.10. The summed E-state index contributed by atoms with van der Waals surface area (Å²) in [5.74, 6) is 0.536. The fourth-order valence-corrected chi connectivity index (χ4v) is 3.65. The van der Waals surface area contributed by atoms with Crippen molar-refractivity contribution in [1.29, 1.82) is 0 Å². The first-order valence-electron chi connectivity index (χ1n) is 10.6. The summed E-state index contributed by atoms with van der Waals surface area (Å²) in [5.41, 5.74) is 1.59. The molecule has 1 atom stereocenters. The second-order valence-electron chi connectivity index (χ2n) is 9.05. The van der Waals surface area contributed by atoms with Crippen LogP contribution in [0.1, 0.15) is 58.6 Å². The van der Waals surface area contributed by atoms with E-state index >= 15 is 0 Å². The number of hydrogen-bond donors (Lipinski definition) is 1. The van der Waals surface area contributed by atoms with E-state index in [1.807, 2.05) is 69.3 Å². The Labute approximate surface area is 194 Å². The fraction of sp³-hybridized carbons (Fsp3) is 0.440. The lowest BCUT2D eigenvalue weighted by molar-refractivity contribution is -0.142. The molecule has 2 aromatic carbocycles. The number of halogens is 1. The summed E-state index contributed by atoms with van der Waals surface area (Å²) in [6.45, 7) is 11.9. The number of ether oxygens (including phenoxy) is 1. The third-order valence-electron chi connectivity index (χ3n) is 4.80. The summed E-state index contributed by atoms with van der Waals surface area (Å²) in [5, 5.41) is 2.97. The molecule has 5 nitrogen and oxygen atoms in total. The molecule has 1 N–H and O–H groups in total. The second kappa shape index (κ2) is 10.8. The Morgan fingerprint density at radius 3 is 2.35 bits per heavy atom. The van der Waals surface area contributed by atoms with E-state index in [4.69, 9.17) is 4.74 Å². The minimum Gasteiger partial charge on any atom is -0.483 e. The van der Waals surface area contributed by atoms with E-state index in [0.29, 0.717) is 12.3 Å². The summed E-state index contributed by atoms with van der Waals surface area (Å²) in [6, 6.07) is 14.8. The SMILES string of the molecule is CC(C)c1ccccc1OCC(=O)N(Cc1cccc(Br)c1)[C@H](C)C(=O)NC(C)(C)C. The number of benzene rings is 2. The van der Waals surface area contributed by atoms with E-state index < -0.39 is 6.04 Å². The molecule has 0 saturated carbocycles. The van der Waals surface area contributed by atoms with Crippen molar-refractivity contribution >= 4 is 27.7 Å². The van der Waals surface area contributed by atoms with Crippen LogP contribution in [0, 0.1) is 0 Å². The first-order chi connectivity index (χ1) is 14.5. The highest BCUT2D eigenvalue weighted by atomic mass is 79.9. The molecule has 0 aromatic heterocycles. The molecular formula is C25H33BrN2O3. The van der Waals surface area contributed by atoms with Crippen LogP contribution in [-0.2, 0) is 16.1 Å².